The Kier molecular flexibility index (Phi) is 3.72. The molecule has 2 unspecified atom stereocenters. The Hall–Kier alpha value is -0.920. The standard InChI is InChI=1S/C14H22O2/c1-9(2)11-8-13(16)14(4,5)7-6-12(15)10(11)3/h10-11H,1,6-8H2,2-5H3. The second-order valence-corrected chi connectivity index (χ2v) is 5.72. The number of hydrogen-bond acceptors (Lipinski definition) is 2. The highest BCUT2D eigenvalue weighted by atomic mass is 16.1. The fourth-order valence-corrected chi connectivity index (χ4v) is 2.28. The summed E-state index contributed by atoms with van der Waals surface area (Å²) < 4.78 is 0. The molecule has 0 bridgehead atoms. The maximum Gasteiger partial charge on any atom is 0.139 e. The third kappa shape index (κ3) is 2.60. The zero-order chi connectivity index (χ0) is 12.5. The van der Waals surface area contributed by atoms with Crippen LogP contribution in [0.25, 0.3) is 0 Å². The monoisotopic (exact) mass is 222 g/mol. The van der Waals surface area contributed by atoms with Crippen molar-refractivity contribution in [2.24, 2.45) is 17.3 Å². The van der Waals surface area contributed by atoms with Crippen molar-refractivity contribution in [3.8, 4) is 0 Å². The Morgan fingerprint density at radius 1 is 1.38 bits per heavy atom. The molecular formula is C14H22O2. The topological polar surface area (TPSA) is 34.1 Å². The van der Waals surface area contributed by atoms with Crippen molar-refractivity contribution in [3.05, 3.63) is 12.2 Å². The summed E-state index contributed by atoms with van der Waals surface area (Å²) in [6.07, 6.45) is 1.66. The normalized spacial score (nSPS) is 30.8. The van der Waals surface area contributed by atoms with Gasteiger partial charge in [0.1, 0.15) is 11.6 Å². The first-order valence-electron chi connectivity index (χ1n) is 5.97. The number of allylic oxidation sites excluding steroid dienone is 1. The molecule has 0 aromatic rings. The summed E-state index contributed by atoms with van der Waals surface area (Å²) in [7, 11) is 0. The zero-order valence-corrected chi connectivity index (χ0v) is 10.8. The van der Waals surface area contributed by atoms with Gasteiger partial charge in [-0.2, -0.15) is 0 Å². The Balaban J connectivity index is 2.98. The summed E-state index contributed by atoms with van der Waals surface area (Å²) in [6.45, 7) is 11.6. The van der Waals surface area contributed by atoms with E-state index in [-0.39, 0.29) is 28.8 Å². The van der Waals surface area contributed by atoms with Crippen molar-refractivity contribution >= 4 is 11.6 Å². The maximum atomic E-state index is 12.1. The maximum absolute atomic E-state index is 12.1. The van der Waals surface area contributed by atoms with Crippen molar-refractivity contribution in [2.45, 2.75) is 47.0 Å². The molecule has 0 saturated heterocycles. The third-order valence-electron chi connectivity index (χ3n) is 3.90. The molecule has 0 amide bonds. The van der Waals surface area contributed by atoms with E-state index in [4.69, 9.17) is 0 Å². The van der Waals surface area contributed by atoms with Gasteiger partial charge in [-0.05, 0) is 19.3 Å². The average molecular weight is 222 g/mol. The summed E-state index contributed by atoms with van der Waals surface area (Å²) in [5.41, 5.74) is 0.593. The molecule has 1 aliphatic rings. The van der Waals surface area contributed by atoms with E-state index in [1.807, 2.05) is 27.7 Å². The summed E-state index contributed by atoms with van der Waals surface area (Å²) in [5.74, 6) is 0.505. The zero-order valence-electron chi connectivity index (χ0n) is 10.8. The predicted molar refractivity (Wildman–Crippen MR) is 65.1 cm³/mol. The summed E-state index contributed by atoms with van der Waals surface area (Å²) in [6, 6.07) is 0. The van der Waals surface area contributed by atoms with E-state index in [1.54, 1.807) is 0 Å². The fraction of sp³-hybridized carbons (Fsp3) is 0.714. The molecular weight excluding hydrogens is 200 g/mol. The van der Waals surface area contributed by atoms with E-state index >= 15 is 0 Å². The van der Waals surface area contributed by atoms with Crippen LogP contribution >= 0.6 is 0 Å². The lowest BCUT2D eigenvalue weighted by molar-refractivity contribution is -0.133. The Labute approximate surface area is 98.1 Å². The van der Waals surface area contributed by atoms with Crippen molar-refractivity contribution < 1.29 is 9.59 Å². The second kappa shape index (κ2) is 4.52. The largest absolute Gasteiger partial charge is 0.299 e. The first-order chi connectivity index (χ1) is 7.25. The van der Waals surface area contributed by atoms with Crippen molar-refractivity contribution in [2.75, 3.05) is 0 Å². The van der Waals surface area contributed by atoms with Gasteiger partial charge in [0.25, 0.3) is 0 Å². The highest BCUT2D eigenvalue weighted by molar-refractivity contribution is 5.89. The molecule has 2 heteroatoms. The Bertz CT molecular complexity index is 326. The number of ketones is 2. The van der Waals surface area contributed by atoms with Gasteiger partial charge in [0, 0.05) is 24.2 Å². The van der Waals surface area contributed by atoms with Gasteiger partial charge in [-0.15, -0.1) is 0 Å². The Morgan fingerprint density at radius 3 is 2.44 bits per heavy atom. The summed E-state index contributed by atoms with van der Waals surface area (Å²) in [4.78, 5) is 24.0. The molecule has 16 heavy (non-hydrogen) atoms. The molecule has 0 N–H and O–H groups in total. The van der Waals surface area contributed by atoms with Crippen LogP contribution in [0.3, 0.4) is 0 Å². The predicted octanol–water partition coefficient (Wildman–Crippen LogP) is 3.16. The molecule has 0 aromatic heterocycles. The van der Waals surface area contributed by atoms with Crippen LogP contribution in [0.2, 0.25) is 0 Å². The van der Waals surface area contributed by atoms with Crippen LogP contribution in [0.5, 0.6) is 0 Å². The van der Waals surface area contributed by atoms with E-state index in [1.165, 1.54) is 0 Å². The summed E-state index contributed by atoms with van der Waals surface area (Å²) >= 11 is 0. The number of carbonyl (C=O) groups is 2. The molecule has 2 nitrogen and oxygen atoms in total. The molecule has 0 radical (unpaired) electrons. The molecule has 1 fully saturated rings. The van der Waals surface area contributed by atoms with Crippen LogP contribution in [0, 0.1) is 17.3 Å². The quantitative estimate of drug-likeness (QED) is 0.639. The molecule has 1 aliphatic carbocycles. The Morgan fingerprint density at radius 2 is 1.94 bits per heavy atom. The highest BCUT2D eigenvalue weighted by Crippen LogP contribution is 2.35. The smallest absolute Gasteiger partial charge is 0.139 e. The van der Waals surface area contributed by atoms with Crippen LogP contribution in [-0.2, 0) is 9.59 Å². The molecule has 0 spiro atoms. The molecule has 0 heterocycles. The third-order valence-corrected chi connectivity index (χ3v) is 3.90. The van der Waals surface area contributed by atoms with Gasteiger partial charge in [0.15, 0.2) is 0 Å². The van der Waals surface area contributed by atoms with Crippen molar-refractivity contribution in [3.63, 3.8) is 0 Å². The van der Waals surface area contributed by atoms with Gasteiger partial charge in [0.05, 0.1) is 0 Å². The number of hydrogen-bond donors (Lipinski definition) is 0. The molecule has 0 aromatic carbocycles. The molecule has 1 saturated carbocycles. The fourth-order valence-electron chi connectivity index (χ4n) is 2.28. The van der Waals surface area contributed by atoms with Gasteiger partial charge in [-0.3, -0.25) is 9.59 Å². The van der Waals surface area contributed by atoms with Crippen molar-refractivity contribution in [1.82, 2.24) is 0 Å². The van der Waals surface area contributed by atoms with Gasteiger partial charge in [-0.1, -0.05) is 32.9 Å². The van der Waals surface area contributed by atoms with Gasteiger partial charge in [-0.25, -0.2) is 0 Å². The van der Waals surface area contributed by atoms with Crippen LogP contribution in [0.1, 0.15) is 47.0 Å². The lowest BCUT2D eigenvalue weighted by Crippen LogP contribution is -2.34. The highest BCUT2D eigenvalue weighted by Gasteiger charge is 2.36. The second-order valence-electron chi connectivity index (χ2n) is 5.72. The lowest BCUT2D eigenvalue weighted by Gasteiger charge is -2.32. The van der Waals surface area contributed by atoms with E-state index in [0.29, 0.717) is 19.3 Å². The molecule has 2 atom stereocenters. The van der Waals surface area contributed by atoms with E-state index in [0.717, 1.165) is 5.57 Å². The summed E-state index contributed by atoms with van der Waals surface area (Å²) in [5, 5.41) is 0. The number of carbonyl (C=O) groups excluding carboxylic acids is 2. The van der Waals surface area contributed by atoms with Crippen LogP contribution in [0.4, 0.5) is 0 Å². The van der Waals surface area contributed by atoms with Gasteiger partial charge in [0.2, 0.25) is 0 Å². The van der Waals surface area contributed by atoms with Crippen LogP contribution in [0.15, 0.2) is 12.2 Å². The van der Waals surface area contributed by atoms with E-state index in [9.17, 15) is 9.59 Å². The molecule has 1 rings (SSSR count). The van der Waals surface area contributed by atoms with Gasteiger partial charge >= 0.3 is 0 Å². The average Bonchev–Trinajstić information content (AvgIpc) is 2.19. The first kappa shape index (κ1) is 13.1. The SMILES string of the molecule is C=C(C)C1CC(=O)C(C)(C)CCC(=O)C1C. The van der Waals surface area contributed by atoms with E-state index < -0.39 is 0 Å². The minimum Gasteiger partial charge on any atom is -0.299 e. The minimum atomic E-state index is -0.358. The minimum absolute atomic E-state index is 0.0274. The van der Waals surface area contributed by atoms with Gasteiger partial charge < -0.3 is 0 Å². The van der Waals surface area contributed by atoms with Crippen LogP contribution < -0.4 is 0 Å². The molecule has 90 valence electrons. The number of rotatable bonds is 1. The molecule has 0 aliphatic heterocycles. The van der Waals surface area contributed by atoms with Crippen LogP contribution in [-0.4, -0.2) is 11.6 Å². The van der Waals surface area contributed by atoms with Crippen molar-refractivity contribution in [1.29, 1.82) is 0 Å². The first-order valence-corrected chi connectivity index (χ1v) is 5.97. The number of Topliss-reactive ketones (excluding diaryl/α,β-unsaturated/α-hetero) is 2. The lowest BCUT2D eigenvalue weighted by atomic mass is 9.70. The van der Waals surface area contributed by atoms with E-state index in [2.05, 4.69) is 6.58 Å².